The van der Waals surface area contributed by atoms with E-state index < -0.39 is 5.54 Å². The van der Waals surface area contributed by atoms with E-state index in [9.17, 15) is 9.18 Å². The minimum atomic E-state index is -0.446. The molecular formula is C16H24ClFN2O. The van der Waals surface area contributed by atoms with E-state index in [1.807, 2.05) is 6.92 Å². The Morgan fingerprint density at radius 2 is 2.10 bits per heavy atom. The maximum atomic E-state index is 13.6. The monoisotopic (exact) mass is 314 g/mol. The van der Waals surface area contributed by atoms with E-state index >= 15 is 0 Å². The van der Waals surface area contributed by atoms with E-state index in [0.717, 1.165) is 25.7 Å². The molecular weight excluding hydrogens is 291 g/mol. The van der Waals surface area contributed by atoms with E-state index in [0.29, 0.717) is 5.56 Å². The van der Waals surface area contributed by atoms with Crippen molar-refractivity contribution >= 4 is 18.3 Å². The Kier molecular flexibility index (Phi) is 6.17. The number of carbonyl (C=O) groups excluding carboxylic acids is 1. The smallest absolute Gasteiger partial charge is 0.227 e. The van der Waals surface area contributed by atoms with E-state index in [2.05, 4.69) is 0 Å². The van der Waals surface area contributed by atoms with Crippen LogP contribution in [-0.4, -0.2) is 23.4 Å². The van der Waals surface area contributed by atoms with Gasteiger partial charge in [-0.2, -0.15) is 0 Å². The third-order valence-electron chi connectivity index (χ3n) is 4.29. The van der Waals surface area contributed by atoms with Gasteiger partial charge in [-0.15, -0.1) is 12.4 Å². The lowest BCUT2D eigenvalue weighted by Crippen LogP contribution is -2.53. The Labute approximate surface area is 132 Å². The summed E-state index contributed by atoms with van der Waals surface area (Å²) in [5.41, 5.74) is 6.36. The second-order valence-electron chi connectivity index (χ2n) is 6.09. The average Bonchev–Trinajstić information content (AvgIpc) is 2.40. The summed E-state index contributed by atoms with van der Waals surface area (Å²) in [4.78, 5) is 14.1. The topological polar surface area (TPSA) is 46.3 Å². The van der Waals surface area contributed by atoms with Gasteiger partial charge in [0.25, 0.3) is 0 Å². The first kappa shape index (κ1) is 17.9. The lowest BCUT2D eigenvalue weighted by atomic mass is 9.74. The molecule has 0 radical (unpaired) electrons. The van der Waals surface area contributed by atoms with Crippen molar-refractivity contribution in [3.63, 3.8) is 0 Å². The van der Waals surface area contributed by atoms with Gasteiger partial charge in [-0.1, -0.05) is 31.0 Å². The van der Waals surface area contributed by atoms with Crippen LogP contribution in [0.15, 0.2) is 24.3 Å². The number of carbonyl (C=O) groups is 1. The summed E-state index contributed by atoms with van der Waals surface area (Å²) < 4.78 is 13.6. The molecule has 2 N–H and O–H groups in total. The molecule has 1 aromatic carbocycles. The molecule has 0 aromatic heterocycles. The van der Waals surface area contributed by atoms with E-state index in [4.69, 9.17) is 5.73 Å². The molecule has 1 saturated carbocycles. The molecule has 0 saturated heterocycles. The van der Waals surface area contributed by atoms with E-state index in [-0.39, 0.29) is 36.6 Å². The summed E-state index contributed by atoms with van der Waals surface area (Å²) >= 11 is 0. The standard InChI is InChI=1S/C16H23FN2O.ClH/c1-16(18)10-6-5-8-13(16)15(20)19(2)11-12-7-3-4-9-14(12)17;/h3-4,7,9,13H,5-6,8,10-11,18H2,1-2H3;1H. The number of benzene rings is 1. The minimum absolute atomic E-state index is 0. The fraction of sp³-hybridized carbons (Fsp3) is 0.562. The first-order chi connectivity index (χ1) is 9.42. The lowest BCUT2D eigenvalue weighted by Gasteiger charge is -2.39. The Morgan fingerprint density at radius 1 is 1.43 bits per heavy atom. The van der Waals surface area contributed by atoms with Gasteiger partial charge in [0.15, 0.2) is 0 Å². The molecule has 5 heteroatoms. The van der Waals surface area contributed by atoms with Crippen molar-refractivity contribution in [3.05, 3.63) is 35.6 Å². The zero-order valence-corrected chi connectivity index (χ0v) is 13.5. The van der Waals surface area contributed by atoms with Crippen molar-refractivity contribution in [2.75, 3.05) is 7.05 Å². The highest BCUT2D eigenvalue weighted by molar-refractivity contribution is 5.85. The lowest BCUT2D eigenvalue weighted by molar-refractivity contribution is -0.138. The number of amides is 1. The Balaban J connectivity index is 0.00000220. The molecule has 21 heavy (non-hydrogen) atoms. The van der Waals surface area contributed by atoms with Crippen molar-refractivity contribution < 1.29 is 9.18 Å². The summed E-state index contributed by atoms with van der Waals surface area (Å²) in [5.74, 6) is -0.405. The highest BCUT2D eigenvalue weighted by atomic mass is 35.5. The SMILES string of the molecule is CN(Cc1ccccc1F)C(=O)C1CCCCC1(C)N.Cl. The van der Waals surface area contributed by atoms with E-state index in [1.54, 1.807) is 30.1 Å². The van der Waals surface area contributed by atoms with Crippen LogP contribution in [0.1, 0.15) is 38.2 Å². The molecule has 3 nitrogen and oxygen atoms in total. The molecule has 2 unspecified atom stereocenters. The van der Waals surface area contributed by atoms with Crippen molar-refractivity contribution in [2.45, 2.75) is 44.7 Å². The Morgan fingerprint density at radius 3 is 2.71 bits per heavy atom. The van der Waals surface area contributed by atoms with Crippen molar-refractivity contribution in [1.29, 1.82) is 0 Å². The van der Waals surface area contributed by atoms with Crippen molar-refractivity contribution in [3.8, 4) is 0 Å². The van der Waals surface area contributed by atoms with Gasteiger partial charge >= 0.3 is 0 Å². The Hall–Kier alpha value is -1.13. The van der Waals surface area contributed by atoms with E-state index in [1.165, 1.54) is 6.07 Å². The Bertz CT molecular complexity index is 493. The van der Waals surface area contributed by atoms with Crippen molar-refractivity contribution in [1.82, 2.24) is 4.90 Å². The van der Waals surface area contributed by atoms with Gasteiger partial charge in [0.1, 0.15) is 5.82 Å². The fourth-order valence-corrected chi connectivity index (χ4v) is 2.99. The summed E-state index contributed by atoms with van der Waals surface area (Å²) in [6.07, 6.45) is 3.81. The third kappa shape index (κ3) is 4.17. The zero-order chi connectivity index (χ0) is 14.8. The average molecular weight is 315 g/mol. The predicted molar refractivity (Wildman–Crippen MR) is 84.7 cm³/mol. The zero-order valence-electron chi connectivity index (χ0n) is 12.6. The second-order valence-corrected chi connectivity index (χ2v) is 6.09. The van der Waals surface area contributed by atoms with Crippen molar-refractivity contribution in [2.24, 2.45) is 11.7 Å². The summed E-state index contributed by atoms with van der Waals surface area (Å²) in [6, 6.07) is 6.56. The first-order valence-electron chi connectivity index (χ1n) is 7.19. The number of rotatable bonds is 3. The molecule has 2 rings (SSSR count). The fourth-order valence-electron chi connectivity index (χ4n) is 2.99. The summed E-state index contributed by atoms with van der Waals surface area (Å²) in [6.45, 7) is 2.24. The first-order valence-corrected chi connectivity index (χ1v) is 7.19. The van der Waals surface area contributed by atoms with Crippen LogP contribution in [0, 0.1) is 11.7 Å². The second kappa shape index (κ2) is 7.23. The van der Waals surface area contributed by atoms with Crippen LogP contribution < -0.4 is 5.73 Å². The van der Waals surface area contributed by atoms with Gasteiger partial charge in [0.05, 0.1) is 5.92 Å². The van der Waals surface area contributed by atoms with Gasteiger partial charge in [-0.25, -0.2) is 4.39 Å². The molecule has 1 aromatic rings. The van der Waals surface area contributed by atoms with Gasteiger partial charge in [0.2, 0.25) is 5.91 Å². The maximum Gasteiger partial charge on any atom is 0.227 e. The quantitative estimate of drug-likeness (QED) is 0.931. The molecule has 0 spiro atoms. The van der Waals surface area contributed by atoms with Gasteiger partial charge in [-0.05, 0) is 25.8 Å². The van der Waals surface area contributed by atoms with Crippen LogP contribution in [0.4, 0.5) is 4.39 Å². The van der Waals surface area contributed by atoms with Crippen LogP contribution in [-0.2, 0) is 11.3 Å². The molecule has 2 atom stereocenters. The summed E-state index contributed by atoms with van der Waals surface area (Å²) in [5, 5.41) is 0. The van der Waals surface area contributed by atoms with Crippen LogP contribution in [0.2, 0.25) is 0 Å². The highest BCUT2D eigenvalue weighted by Crippen LogP contribution is 2.33. The van der Waals surface area contributed by atoms with Gasteiger partial charge in [0, 0.05) is 24.7 Å². The number of nitrogens with zero attached hydrogens (tertiary/aromatic N) is 1. The van der Waals surface area contributed by atoms with Crippen LogP contribution in [0.5, 0.6) is 0 Å². The molecule has 1 fully saturated rings. The predicted octanol–water partition coefficient (Wildman–Crippen LogP) is 3.11. The molecule has 1 aliphatic carbocycles. The third-order valence-corrected chi connectivity index (χ3v) is 4.29. The number of halogens is 2. The summed E-state index contributed by atoms with van der Waals surface area (Å²) in [7, 11) is 1.72. The number of hydrogen-bond donors (Lipinski definition) is 1. The molecule has 0 aliphatic heterocycles. The largest absolute Gasteiger partial charge is 0.341 e. The molecule has 1 aliphatic rings. The molecule has 0 heterocycles. The molecule has 0 bridgehead atoms. The molecule has 1 amide bonds. The van der Waals surface area contributed by atoms with Crippen LogP contribution >= 0.6 is 12.4 Å². The highest BCUT2D eigenvalue weighted by Gasteiger charge is 2.39. The van der Waals surface area contributed by atoms with Gasteiger partial charge in [-0.3, -0.25) is 4.79 Å². The number of hydrogen-bond acceptors (Lipinski definition) is 2. The normalized spacial score (nSPS) is 25.0. The number of nitrogens with two attached hydrogens (primary N) is 1. The molecule has 118 valence electrons. The van der Waals surface area contributed by atoms with Crippen LogP contribution in [0.25, 0.3) is 0 Å². The minimum Gasteiger partial charge on any atom is -0.341 e. The maximum absolute atomic E-state index is 13.6. The van der Waals surface area contributed by atoms with Gasteiger partial charge < -0.3 is 10.6 Å². The van der Waals surface area contributed by atoms with Crippen LogP contribution in [0.3, 0.4) is 0 Å².